The Balaban J connectivity index is 1.89. The van der Waals surface area contributed by atoms with E-state index < -0.39 is 12.9 Å². The van der Waals surface area contributed by atoms with Crippen molar-refractivity contribution in [3.05, 3.63) is 29.6 Å². The Hall–Kier alpha value is -0.865. The van der Waals surface area contributed by atoms with Crippen LogP contribution < -0.4 is 5.46 Å². The Labute approximate surface area is 127 Å². The predicted molar refractivity (Wildman–Crippen MR) is 85.1 cm³/mol. The van der Waals surface area contributed by atoms with E-state index in [1.54, 1.807) is 0 Å². The molecule has 0 radical (unpaired) electrons. The number of hydrogen-bond donors (Lipinski definition) is 2. The zero-order chi connectivity index (χ0) is 15.2. The highest BCUT2D eigenvalue weighted by molar-refractivity contribution is 6.58. The van der Waals surface area contributed by atoms with Crippen molar-refractivity contribution >= 4 is 12.6 Å². The molecular formula is C17H26BFO2. The Morgan fingerprint density at radius 2 is 1.86 bits per heavy atom. The number of benzene rings is 1. The molecule has 2 rings (SSSR count). The molecule has 0 spiro atoms. The number of hydrogen-bond acceptors (Lipinski definition) is 2. The maximum atomic E-state index is 13.8. The average molecular weight is 292 g/mol. The molecule has 0 atom stereocenters. The lowest BCUT2D eigenvalue weighted by Gasteiger charge is -2.29. The summed E-state index contributed by atoms with van der Waals surface area (Å²) in [6.45, 7) is 2.23. The van der Waals surface area contributed by atoms with E-state index in [-0.39, 0.29) is 5.46 Å². The smallest absolute Gasteiger partial charge is 0.423 e. The van der Waals surface area contributed by atoms with Crippen LogP contribution in [0.5, 0.6) is 0 Å². The summed E-state index contributed by atoms with van der Waals surface area (Å²) in [4.78, 5) is 0. The van der Waals surface area contributed by atoms with E-state index >= 15 is 0 Å². The Morgan fingerprint density at radius 1 is 1.14 bits per heavy atom. The zero-order valence-corrected chi connectivity index (χ0v) is 12.9. The highest BCUT2D eigenvalue weighted by Gasteiger charge is 2.24. The molecule has 1 saturated carbocycles. The van der Waals surface area contributed by atoms with Gasteiger partial charge in [-0.1, -0.05) is 44.7 Å². The molecule has 0 amide bonds. The fourth-order valence-electron chi connectivity index (χ4n) is 3.47. The first-order valence-electron chi connectivity index (χ1n) is 8.27. The van der Waals surface area contributed by atoms with Crippen LogP contribution in [-0.2, 0) is 0 Å². The third-order valence-corrected chi connectivity index (χ3v) is 4.84. The second kappa shape index (κ2) is 7.95. The molecule has 1 aromatic carbocycles. The van der Waals surface area contributed by atoms with E-state index in [9.17, 15) is 4.39 Å². The molecule has 1 fully saturated rings. The Bertz CT molecular complexity index is 442. The van der Waals surface area contributed by atoms with Crippen molar-refractivity contribution in [3.8, 4) is 0 Å². The summed E-state index contributed by atoms with van der Waals surface area (Å²) >= 11 is 0. The standard InChI is InChI=1S/C17H26BFO2/c1-2-3-4-5-13-6-8-14(9-7-13)15-10-11-16(18(20)21)17(19)12-15/h10-14,20-21H,2-9H2,1H3/t13-,14-. The van der Waals surface area contributed by atoms with E-state index in [0.717, 1.165) is 24.3 Å². The molecule has 116 valence electrons. The largest absolute Gasteiger partial charge is 0.491 e. The Morgan fingerprint density at radius 3 is 2.43 bits per heavy atom. The lowest BCUT2D eigenvalue weighted by atomic mass is 9.75. The molecule has 0 aliphatic heterocycles. The van der Waals surface area contributed by atoms with E-state index in [0.29, 0.717) is 5.92 Å². The first kappa shape index (κ1) is 16.5. The summed E-state index contributed by atoms with van der Waals surface area (Å²) in [5.41, 5.74) is 0.968. The van der Waals surface area contributed by atoms with E-state index in [1.165, 1.54) is 50.7 Å². The van der Waals surface area contributed by atoms with Gasteiger partial charge in [-0.15, -0.1) is 0 Å². The van der Waals surface area contributed by atoms with Gasteiger partial charge in [0.05, 0.1) is 0 Å². The topological polar surface area (TPSA) is 40.5 Å². The fourth-order valence-corrected chi connectivity index (χ4v) is 3.47. The molecule has 2 nitrogen and oxygen atoms in total. The van der Waals surface area contributed by atoms with Crippen molar-refractivity contribution in [1.29, 1.82) is 0 Å². The van der Waals surface area contributed by atoms with Crippen molar-refractivity contribution in [2.24, 2.45) is 5.92 Å². The highest BCUT2D eigenvalue weighted by atomic mass is 19.1. The zero-order valence-electron chi connectivity index (χ0n) is 12.9. The first-order chi connectivity index (χ1) is 10.1. The fraction of sp³-hybridized carbons (Fsp3) is 0.647. The third-order valence-electron chi connectivity index (χ3n) is 4.84. The molecule has 0 bridgehead atoms. The van der Waals surface area contributed by atoms with Crippen LogP contribution in [0.2, 0.25) is 0 Å². The van der Waals surface area contributed by atoms with Gasteiger partial charge >= 0.3 is 7.12 Å². The molecule has 0 aromatic heterocycles. The summed E-state index contributed by atoms with van der Waals surface area (Å²) < 4.78 is 13.8. The quantitative estimate of drug-likeness (QED) is 0.623. The first-order valence-corrected chi connectivity index (χ1v) is 8.27. The molecule has 0 saturated heterocycles. The minimum absolute atomic E-state index is 0.0352. The minimum atomic E-state index is -1.73. The van der Waals surface area contributed by atoms with E-state index in [4.69, 9.17) is 10.0 Å². The van der Waals surface area contributed by atoms with Gasteiger partial charge in [0.15, 0.2) is 0 Å². The van der Waals surface area contributed by atoms with Crippen LogP contribution in [0.25, 0.3) is 0 Å². The molecular weight excluding hydrogens is 266 g/mol. The molecule has 1 aromatic rings. The van der Waals surface area contributed by atoms with Crippen LogP contribution in [0.15, 0.2) is 18.2 Å². The van der Waals surface area contributed by atoms with E-state index in [2.05, 4.69) is 6.92 Å². The van der Waals surface area contributed by atoms with Gasteiger partial charge in [0, 0.05) is 5.46 Å². The van der Waals surface area contributed by atoms with Gasteiger partial charge in [-0.05, 0) is 49.1 Å². The number of rotatable bonds is 6. The molecule has 4 heteroatoms. The van der Waals surface area contributed by atoms with E-state index in [1.807, 2.05) is 6.07 Å². The van der Waals surface area contributed by atoms with Crippen molar-refractivity contribution in [2.45, 2.75) is 64.2 Å². The van der Waals surface area contributed by atoms with Gasteiger partial charge in [-0.25, -0.2) is 4.39 Å². The summed E-state index contributed by atoms with van der Waals surface area (Å²) in [6, 6.07) is 4.83. The highest BCUT2D eigenvalue weighted by Crippen LogP contribution is 2.37. The Kier molecular flexibility index (Phi) is 6.25. The number of halogens is 1. The van der Waals surface area contributed by atoms with Crippen LogP contribution in [-0.4, -0.2) is 17.2 Å². The lowest BCUT2D eigenvalue weighted by molar-refractivity contribution is 0.302. The summed E-state index contributed by atoms with van der Waals surface area (Å²) in [6.07, 6.45) is 10.00. The summed E-state index contributed by atoms with van der Waals surface area (Å²) in [5.74, 6) is 0.760. The predicted octanol–water partition coefficient (Wildman–Crippen LogP) is 3.36. The normalized spacial score (nSPS) is 22.3. The second-order valence-corrected chi connectivity index (χ2v) is 6.37. The second-order valence-electron chi connectivity index (χ2n) is 6.37. The molecule has 2 N–H and O–H groups in total. The monoisotopic (exact) mass is 292 g/mol. The summed E-state index contributed by atoms with van der Waals surface area (Å²) in [7, 11) is -1.73. The molecule has 0 heterocycles. The van der Waals surface area contributed by atoms with Gasteiger partial charge < -0.3 is 10.0 Å². The summed E-state index contributed by atoms with van der Waals surface area (Å²) in [5, 5.41) is 18.1. The van der Waals surface area contributed by atoms with Crippen molar-refractivity contribution in [2.75, 3.05) is 0 Å². The van der Waals surface area contributed by atoms with Crippen LogP contribution in [0, 0.1) is 11.7 Å². The molecule has 1 aliphatic rings. The molecule has 21 heavy (non-hydrogen) atoms. The average Bonchev–Trinajstić information content (AvgIpc) is 2.48. The maximum absolute atomic E-state index is 13.8. The van der Waals surface area contributed by atoms with Crippen molar-refractivity contribution in [3.63, 3.8) is 0 Å². The van der Waals surface area contributed by atoms with Crippen molar-refractivity contribution < 1.29 is 14.4 Å². The van der Waals surface area contributed by atoms with Crippen molar-refractivity contribution in [1.82, 2.24) is 0 Å². The lowest BCUT2D eigenvalue weighted by Crippen LogP contribution is -2.32. The van der Waals surface area contributed by atoms with Gasteiger partial charge in [-0.2, -0.15) is 0 Å². The molecule has 1 aliphatic carbocycles. The number of unbranched alkanes of at least 4 members (excludes halogenated alkanes) is 2. The third kappa shape index (κ3) is 4.55. The maximum Gasteiger partial charge on any atom is 0.491 e. The van der Waals surface area contributed by atoms with Crippen LogP contribution in [0.3, 0.4) is 0 Å². The van der Waals surface area contributed by atoms with Crippen LogP contribution >= 0.6 is 0 Å². The minimum Gasteiger partial charge on any atom is -0.423 e. The van der Waals surface area contributed by atoms with Crippen LogP contribution in [0.1, 0.15) is 69.8 Å². The SMILES string of the molecule is CCCCC[C@H]1CC[C@H](c2ccc(B(O)O)c(F)c2)CC1. The van der Waals surface area contributed by atoms with Gasteiger partial charge in [0.2, 0.25) is 0 Å². The molecule has 0 unspecified atom stereocenters. The van der Waals surface area contributed by atoms with Gasteiger partial charge in [0.1, 0.15) is 5.82 Å². The van der Waals surface area contributed by atoms with Gasteiger partial charge in [-0.3, -0.25) is 0 Å². The van der Waals surface area contributed by atoms with Gasteiger partial charge in [0.25, 0.3) is 0 Å². The van der Waals surface area contributed by atoms with Crippen LogP contribution in [0.4, 0.5) is 4.39 Å².